The van der Waals surface area contributed by atoms with E-state index in [1.165, 1.54) is 0 Å². The number of halogens is 1. The van der Waals surface area contributed by atoms with Gasteiger partial charge in [0.2, 0.25) is 5.76 Å². The van der Waals surface area contributed by atoms with Gasteiger partial charge in [-0.05, 0) is 72.9 Å². The van der Waals surface area contributed by atoms with Gasteiger partial charge in [0, 0.05) is 11.0 Å². The van der Waals surface area contributed by atoms with E-state index in [0.717, 1.165) is 32.5 Å². The highest BCUT2D eigenvalue weighted by molar-refractivity contribution is 9.10. The van der Waals surface area contributed by atoms with Crippen molar-refractivity contribution in [1.29, 1.82) is 0 Å². The van der Waals surface area contributed by atoms with Gasteiger partial charge in [0.15, 0.2) is 5.43 Å². The summed E-state index contributed by atoms with van der Waals surface area (Å²) < 4.78 is 12.3. The standard InChI is InChI=1S/C28H24BrNO4/c1-16-14-17(2)26-22(15-16)25(31)23-24(19-6-8-20(29)9-7-19)30(28(32)27(23)34-26)13-12-18-4-10-21(33-3)11-5-18/h4-11,14-15,24H,12-13H2,1-3H3/t24-/m0/s1. The van der Waals surface area contributed by atoms with Crippen LogP contribution in [0.2, 0.25) is 0 Å². The number of amides is 1. The van der Waals surface area contributed by atoms with Crippen LogP contribution in [-0.4, -0.2) is 24.5 Å². The number of methoxy groups -OCH3 is 1. The molecule has 3 aromatic carbocycles. The van der Waals surface area contributed by atoms with Gasteiger partial charge in [-0.25, -0.2) is 0 Å². The van der Waals surface area contributed by atoms with Crippen LogP contribution >= 0.6 is 15.9 Å². The Kier molecular flexibility index (Phi) is 5.78. The third-order valence-corrected chi connectivity index (χ3v) is 6.91. The second-order valence-electron chi connectivity index (χ2n) is 8.68. The summed E-state index contributed by atoms with van der Waals surface area (Å²) in [4.78, 5) is 29.1. The number of rotatable bonds is 5. The molecule has 1 amide bonds. The molecule has 0 N–H and O–H groups in total. The number of benzene rings is 3. The first kappa shape index (κ1) is 22.4. The zero-order valence-corrected chi connectivity index (χ0v) is 20.8. The lowest BCUT2D eigenvalue weighted by molar-refractivity contribution is 0.0730. The quantitative estimate of drug-likeness (QED) is 0.327. The third-order valence-electron chi connectivity index (χ3n) is 6.38. The first-order valence-electron chi connectivity index (χ1n) is 11.1. The number of carbonyl (C=O) groups is 1. The van der Waals surface area contributed by atoms with Gasteiger partial charge in [0.25, 0.3) is 5.91 Å². The van der Waals surface area contributed by atoms with Gasteiger partial charge in [-0.2, -0.15) is 0 Å². The van der Waals surface area contributed by atoms with E-state index in [4.69, 9.17) is 9.15 Å². The molecule has 0 saturated heterocycles. The average Bonchev–Trinajstić information content (AvgIpc) is 3.11. The number of nitrogens with zero attached hydrogens (tertiary/aromatic N) is 1. The molecule has 5 nitrogen and oxygen atoms in total. The van der Waals surface area contributed by atoms with Gasteiger partial charge < -0.3 is 14.1 Å². The maximum absolute atomic E-state index is 13.7. The molecule has 34 heavy (non-hydrogen) atoms. The minimum absolute atomic E-state index is 0.142. The van der Waals surface area contributed by atoms with Crippen LogP contribution in [0, 0.1) is 13.8 Å². The van der Waals surface area contributed by atoms with Gasteiger partial charge in [-0.1, -0.05) is 46.3 Å². The molecule has 0 radical (unpaired) electrons. The molecule has 6 heteroatoms. The Bertz CT molecular complexity index is 1460. The van der Waals surface area contributed by atoms with Gasteiger partial charge in [-0.15, -0.1) is 0 Å². The van der Waals surface area contributed by atoms with Crippen LogP contribution < -0.4 is 10.2 Å². The summed E-state index contributed by atoms with van der Waals surface area (Å²) in [6, 6.07) is 18.8. The second-order valence-corrected chi connectivity index (χ2v) is 9.60. The van der Waals surface area contributed by atoms with Crippen LogP contribution in [0.5, 0.6) is 5.75 Å². The fourth-order valence-corrected chi connectivity index (χ4v) is 5.00. The Morgan fingerprint density at radius 2 is 1.71 bits per heavy atom. The van der Waals surface area contributed by atoms with E-state index >= 15 is 0 Å². The highest BCUT2D eigenvalue weighted by Gasteiger charge is 2.42. The number of hydrogen-bond donors (Lipinski definition) is 0. The minimum atomic E-state index is -0.504. The second kappa shape index (κ2) is 8.76. The fraction of sp³-hybridized carbons (Fsp3) is 0.214. The van der Waals surface area contributed by atoms with Crippen molar-refractivity contribution >= 4 is 32.8 Å². The minimum Gasteiger partial charge on any atom is -0.497 e. The molecular weight excluding hydrogens is 494 g/mol. The largest absolute Gasteiger partial charge is 0.497 e. The smallest absolute Gasteiger partial charge is 0.290 e. The van der Waals surface area contributed by atoms with Crippen LogP contribution in [0.15, 0.2) is 74.3 Å². The topological polar surface area (TPSA) is 59.8 Å². The monoisotopic (exact) mass is 517 g/mol. The molecule has 1 atom stereocenters. The van der Waals surface area contributed by atoms with E-state index < -0.39 is 6.04 Å². The molecule has 0 spiro atoms. The third kappa shape index (κ3) is 3.82. The van der Waals surface area contributed by atoms with Gasteiger partial charge in [-0.3, -0.25) is 9.59 Å². The highest BCUT2D eigenvalue weighted by atomic mass is 79.9. The molecule has 1 aromatic heterocycles. The van der Waals surface area contributed by atoms with Crippen molar-refractivity contribution in [1.82, 2.24) is 4.90 Å². The van der Waals surface area contributed by atoms with Crippen LogP contribution in [0.25, 0.3) is 11.0 Å². The van der Waals surface area contributed by atoms with Gasteiger partial charge >= 0.3 is 0 Å². The number of hydrogen-bond acceptors (Lipinski definition) is 4. The lowest BCUT2D eigenvalue weighted by Gasteiger charge is -2.25. The first-order chi connectivity index (χ1) is 16.4. The molecule has 0 aliphatic carbocycles. The fourth-order valence-electron chi connectivity index (χ4n) is 4.74. The summed E-state index contributed by atoms with van der Waals surface area (Å²) in [6.45, 7) is 4.30. The van der Waals surface area contributed by atoms with E-state index in [1.807, 2.05) is 74.5 Å². The van der Waals surface area contributed by atoms with Crippen molar-refractivity contribution < 1.29 is 13.9 Å². The maximum atomic E-state index is 13.7. The Morgan fingerprint density at radius 1 is 1.00 bits per heavy atom. The van der Waals surface area contributed by atoms with Crippen molar-refractivity contribution in [3.05, 3.63) is 109 Å². The lowest BCUT2D eigenvalue weighted by atomic mass is 9.97. The molecule has 2 heterocycles. The average molecular weight is 518 g/mol. The Balaban J connectivity index is 1.62. The van der Waals surface area contributed by atoms with Crippen LogP contribution in [0.1, 0.15) is 44.4 Å². The molecule has 1 aliphatic rings. The Labute approximate surface area is 206 Å². The summed E-state index contributed by atoms with van der Waals surface area (Å²) in [5.41, 5.74) is 4.54. The summed E-state index contributed by atoms with van der Waals surface area (Å²) >= 11 is 3.48. The van der Waals surface area contributed by atoms with E-state index in [-0.39, 0.29) is 17.1 Å². The highest BCUT2D eigenvalue weighted by Crippen LogP contribution is 2.39. The SMILES string of the molecule is COc1ccc(CCN2C(=O)c3oc4c(C)cc(C)cc4c(=O)c3[C@@H]2c2ccc(Br)cc2)cc1. The van der Waals surface area contributed by atoms with Gasteiger partial charge in [0.05, 0.1) is 24.1 Å². The molecule has 172 valence electrons. The summed E-state index contributed by atoms with van der Waals surface area (Å²) in [5, 5.41) is 0.517. The molecule has 0 bridgehead atoms. The van der Waals surface area contributed by atoms with E-state index in [1.54, 1.807) is 12.0 Å². The summed E-state index contributed by atoms with van der Waals surface area (Å²) in [7, 11) is 1.63. The van der Waals surface area contributed by atoms with E-state index in [2.05, 4.69) is 15.9 Å². The Morgan fingerprint density at radius 3 is 2.38 bits per heavy atom. The van der Waals surface area contributed by atoms with Crippen LogP contribution in [-0.2, 0) is 6.42 Å². The van der Waals surface area contributed by atoms with Gasteiger partial charge in [0.1, 0.15) is 11.3 Å². The zero-order chi connectivity index (χ0) is 24.0. The number of ether oxygens (including phenoxy) is 1. The van der Waals surface area contributed by atoms with Crippen molar-refractivity contribution in [3.63, 3.8) is 0 Å². The maximum Gasteiger partial charge on any atom is 0.290 e. The molecule has 0 saturated carbocycles. The zero-order valence-electron chi connectivity index (χ0n) is 19.2. The number of aryl methyl sites for hydroxylation is 2. The summed E-state index contributed by atoms with van der Waals surface area (Å²) in [5.74, 6) is 0.677. The predicted octanol–water partition coefficient (Wildman–Crippen LogP) is 5.97. The molecule has 0 unspecified atom stereocenters. The van der Waals surface area contributed by atoms with Crippen molar-refractivity contribution in [2.75, 3.05) is 13.7 Å². The molecule has 0 fully saturated rings. The lowest BCUT2D eigenvalue weighted by Crippen LogP contribution is -2.31. The number of fused-ring (bicyclic) bond motifs is 2. The predicted molar refractivity (Wildman–Crippen MR) is 136 cm³/mol. The molecular formula is C28H24BrNO4. The van der Waals surface area contributed by atoms with Crippen molar-refractivity contribution in [2.45, 2.75) is 26.3 Å². The first-order valence-corrected chi connectivity index (χ1v) is 11.9. The normalized spacial score (nSPS) is 15.1. The molecule has 5 rings (SSSR count). The van der Waals surface area contributed by atoms with E-state index in [0.29, 0.717) is 29.5 Å². The van der Waals surface area contributed by atoms with Crippen molar-refractivity contribution in [2.24, 2.45) is 0 Å². The summed E-state index contributed by atoms with van der Waals surface area (Å²) in [6.07, 6.45) is 0.641. The molecule has 4 aromatic rings. The van der Waals surface area contributed by atoms with Crippen LogP contribution in [0.4, 0.5) is 0 Å². The molecule has 1 aliphatic heterocycles. The van der Waals surface area contributed by atoms with Crippen molar-refractivity contribution in [3.8, 4) is 5.75 Å². The van der Waals surface area contributed by atoms with E-state index in [9.17, 15) is 9.59 Å². The number of carbonyl (C=O) groups excluding carboxylic acids is 1. The Hall–Kier alpha value is -3.38. The van der Waals surface area contributed by atoms with Crippen LogP contribution in [0.3, 0.4) is 0 Å².